The van der Waals surface area contributed by atoms with Crippen LogP contribution in [0.3, 0.4) is 0 Å². The predicted molar refractivity (Wildman–Crippen MR) is 105 cm³/mol. The summed E-state index contributed by atoms with van der Waals surface area (Å²) in [6.45, 7) is 5.75. The summed E-state index contributed by atoms with van der Waals surface area (Å²) in [7, 11) is 0. The van der Waals surface area contributed by atoms with Crippen LogP contribution in [0, 0.1) is 26.6 Å². The summed E-state index contributed by atoms with van der Waals surface area (Å²) in [5.41, 5.74) is 4.28. The highest BCUT2D eigenvalue weighted by molar-refractivity contribution is 6.31. The summed E-state index contributed by atoms with van der Waals surface area (Å²) in [4.78, 5) is 21.1. The molecule has 0 saturated carbocycles. The van der Waals surface area contributed by atoms with Crippen LogP contribution in [0.25, 0.3) is 0 Å². The maximum atomic E-state index is 13.3. The highest BCUT2D eigenvalue weighted by Crippen LogP contribution is 2.22. The molecule has 0 unspecified atom stereocenters. The average molecular weight is 385 g/mol. The molecule has 0 atom stereocenters. The first-order valence-corrected chi connectivity index (χ1v) is 8.66. The second kappa shape index (κ2) is 7.72. The first-order chi connectivity index (χ1) is 12.8. The van der Waals surface area contributed by atoms with Crippen LogP contribution in [-0.4, -0.2) is 15.9 Å². The molecule has 3 rings (SSSR count). The summed E-state index contributed by atoms with van der Waals surface area (Å²) < 4.78 is 13.3. The molecule has 2 aromatic carbocycles. The van der Waals surface area contributed by atoms with Gasteiger partial charge in [-0.15, -0.1) is 0 Å². The fraction of sp³-hybridized carbons (Fsp3) is 0.150. The number of hydrogen-bond acceptors (Lipinski definition) is 4. The molecule has 138 valence electrons. The van der Waals surface area contributed by atoms with E-state index in [1.165, 1.54) is 18.2 Å². The number of benzene rings is 2. The van der Waals surface area contributed by atoms with Crippen molar-refractivity contribution >= 4 is 34.8 Å². The molecule has 0 radical (unpaired) electrons. The van der Waals surface area contributed by atoms with Gasteiger partial charge in [0.1, 0.15) is 11.5 Å². The minimum absolute atomic E-state index is 0.0136. The molecule has 7 heteroatoms. The lowest BCUT2D eigenvalue weighted by Gasteiger charge is -2.10. The van der Waals surface area contributed by atoms with Crippen LogP contribution in [0.4, 0.5) is 21.7 Å². The zero-order valence-electron chi connectivity index (χ0n) is 15.1. The second-order valence-electron chi connectivity index (χ2n) is 6.23. The molecule has 1 heterocycles. The number of anilines is 3. The van der Waals surface area contributed by atoms with E-state index in [4.69, 9.17) is 11.6 Å². The summed E-state index contributed by atoms with van der Waals surface area (Å²) >= 11 is 5.79. The third-order valence-corrected chi connectivity index (χ3v) is 4.32. The van der Waals surface area contributed by atoms with E-state index >= 15 is 0 Å². The Kier molecular flexibility index (Phi) is 5.37. The van der Waals surface area contributed by atoms with Gasteiger partial charge in [-0.25, -0.2) is 14.4 Å². The molecular formula is C20H18ClFN4O. The lowest BCUT2D eigenvalue weighted by atomic mass is 10.1. The topological polar surface area (TPSA) is 66.9 Å². The van der Waals surface area contributed by atoms with Gasteiger partial charge in [0.15, 0.2) is 0 Å². The van der Waals surface area contributed by atoms with Gasteiger partial charge in [-0.1, -0.05) is 17.7 Å². The van der Waals surface area contributed by atoms with Crippen molar-refractivity contribution < 1.29 is 9.18 Å². The van der Waals surface area contributed by atoms with Crippen molar-refractivity contribution in [3.8, 4) is 0 Å². The SMILES string of the molecule is Cc1cc(C(=O)Nc2ccc(C)c(C)c2)nc(Nc2ccc(F)c(Cl)c2)n1. The fourth-order valence-corrected chi connectivity index (χ4v) is 2.64. The van der Waals surface area contributed by atoms with Crippen LogP contribution >= 0.6 is 11.6 Å². The lowest BCUT2D eigenvalue weighted by Crippen LogP contribution is -2.15. The largest absolute Gasteiger partial charge is 0.324 e. The highest BCUT2D eigenvalue weighted by Gasteiger charge is 2.12. The van der Waals surface area contributed by atoms with Crippen LogP contribution in [0.5, 0.6) is 0 Å². The molecule has 1 aromatic heterocycles. The van der Waals surface area contributed by atoms with Gasteiger partial charge in [-0.05, 0) is 68.3 Å². The zero-order valence-corrected chi connectivity index (χ0v) is 15.9. The van der Waals surface area contributed by atoms with Gasteiger partial charge < -0.3 is 10.6 Å². The molecule has 0 bridgehead atoms. The number of halogens is 2. The molecule has 5 nitrogen and oxygen atoms in total. The van der Waals surface area contributed by atoms with Crippen molar-refractivity contribution in [1.29, 1.82) is 0 Å². The van der Waals surface area contributed by atoms with E-state index in [-0.39, 0.29) is 22.6 Å². The standard InChI is InChI=1S/C20H18ClFN4O/c1-11-4-5-14(8-12(11)2)24-19(27)18-9-13(3)23-20(26-18)25-15-6-7-17(22)16(21)10-15/h4-10H,1-3H3,(H,24,27)(H,23,25,26). The molecule has 3 aromatic rings. The number of aryl methyl sites for hydroxylation is 3. The molecule has 0 aliphatic heterocycles. The van der Waals surface area contributed by atoms with Crippen LogP contribution in [0.1, 0.15) is 27.3 Å². The Morgan fingerprint density at radius 2 is 1.70 bits per heavy atom. The lowest BCUT2D eigenvalue weighted by molar-refractivity contribution is 0.102. The smallest absolute Gasteiger partial charge is 0.274 e. The molecule has 27 heavy (non-hydrogen) atoms. The summed E-state index contributed by atoms with van der Waals surface area (Å²) in [6, 6.07) is 11.5. The quantitative estimate of drug-likeness (QED) is 0.649. The van der Waals surface area contributed by atoms with Gasteiger partial charge in [0.05, 0.1) is 5.02 Å². The van der Waals surface area contributed by atoms with Crippen LogP contribution in [0.15, 0.2) is 42.5 Å². The number of aromatic nitrogens is 2. The van der Waals surface area contributed by atoms with Gasteiger partial charge in [0.25, 0.3) is 5.91 Å². The molecule has 2 N–H and O–H groups in total. The normalized spacial score (nSPS) is 10.6. The van der Waals surface area contributed by atoms with Crippen molar-refractivity contribution in [2.24, 2.45) is 0 Å². The molecule has 0 aliphatic rings. The number of hydrogen-bond donors (Lipinski definition) is 2. The monoisotopic (exact) mass is 384 g/mol. The molecule has 0 aliphatic carbocycles. The molecule has 0 spiro atoms. The second-order valence-corrected chi connectivity index (χ2v) is 6.63. The van der Waals surface area contributed by atoms with Gasteiger partial charge in [0, 0.05) is 17.1 Å². The maximum Gasteiger partial charge on any atom is 0.274 e. The third kappa shape index (κ3) is 4.60. The van der Waals surface area contributed by atoms with Gasteiger partial charge in [-0.2, -0.15) is 0 Å². The number of carbonyl (C=O) groups excluding carboxylic acids is 1. The van der Waals surface area contributed by atoms with Crippen molar-refractivity contribution in [3.63, 3.8) is 0 Å². The molecule has 1 amide bonds. The first-order valence-electron chi connectivity index (χ1n) is 8.28. The molecule has 0 saturated heterocycles. The van der Waals surface area contributed by atoms with E-state index in [0.29, 0.717) is 17.1 Å². The summed E-state index contributed by atoms with van der Waals surface area (Å²) in [6.07, 6.45) is 0. The van der Waals surface area contributed by atoms with E-state index in [0.717, 1.165) is 11.1 Å². The Morgan fingerprint density at radius 3 is 2.41 bits per heavy atom. The summed E-state index contributed by atoms with van der Waals surface area (Å²) in [5, 5.41) is 5.76. The molecular weight excluding hydrogens is 367 g/mol. The van der Waals surface area contributed by atoms with Crippen LogP contribution in [0.2, 0.25) is 5.02 Å². The van der Waals surface area contributed by atoms with Gasteiger partial charge in [0.2, 0.25) is 5.95 Å². The van der Waals surface area contributed by atoms with Crippen molar-refractivity contribution in [2.45, 2.75) is 20.8 Å². The fourth-order valence-electron chi connectivity index (χ4n) is 2.46. The van der Waals surface area contributed by atoms with E-state index in [1.54, 1.807) is 13.0 Å². The minimum Gasteiger partial charge on any atom is -0.324 e. The Hall–Kier alpha value is -2.99. The van der Waals surface area contributed by atoms with E-state index < -0.39 is 5.82 Å². The Labute approximate surface area is 161 Å². The number of nitrogens with zero attached hydrogens (tertiary/aromatic N) is 2. The van der Waals surface area contributed by atoms with Gasteiger partial charge >= 0.3 is 0 Å². The van der Waals surface area contributed by atoms with E-state index in [9.17, 15) is 9.18 Å². The predicted octanol–water partition coefficient (Wildman–Crippen LogP) is 5.19. The van der Waals surface area contributed by atoms with Crippen molar-refractivity contribution in [3.05, 3.63) is 75.8 Å². The number of rotatable bonds is 4. The minimum atomic E-state index is -0.513. The number of amides is 1. The van der Waals surface area contributed by atoms with E-state index in [1.807, 2.05) is 32.0 Å². The Morgan fingerprint density at radius 1 is 0.963 bits per heavy atom. The number of carbonyl (C=O) groups is 1. The maximum absolute atomic E-state index is 13.3. The Balaban J connectivity index is 1.82. The number of nitrogens with one attached hydrogen (secondary N) is 2. The van der Waals surface area contributed by atoms with E-state index in [2.05, 4.69) is 20.6 Å². The summed E-state index contributed by atoms with van der Waals surface area (Å²) in [5.74, 6) is -0.632. The Bertz CT molecular complexity index is 1020. The molecule has 0 fully saturated rings. The van der Waals surface area contributed by atoms with Crippen LogP contribution in [-0.2, 0) is 0 Å². The highest BCUT2D eigenvalue weighted by atomic mass is 35.5. The van der Waals surface area contributed by atoms with Crippen LogP contribution < -0.4 is 10.6 Å². The third-order valence-electron chi connectivity index (χ3n) is 4.03. The van der Waals surface area contributed by atoms with Gasteiger partial charge in [-0.3, -0.25) is 4.79 Å². The zero-order chi connectivity index (χ0) is 19.6. The van der Waals surface area contributed by atoms with Crippen molar-refractivity contribution in [1.82, 2.24) is 9.97 Å². The first kappa shape index (κ1) is 18.8. The van der Waals surface area contributed by atoms with Crippen molar-refractivity contribution in [2.75, 3.05) is 10.6 Å². The average Bonchev–Trinajstić information content (AvgIpc) is 2.61.